The Morgan fingerprint density at radius 2 is 2.08 bits per heavy atom. The zero-order valence-electron chi connectivity index (χ0n) is 6.74. The molecule has 0 aliphatic heterocycles. The van der Waals surface area contributed by atoms with Gasteiger partial charge in [-0.15, -0.1) is 0 Å². The van der Waals surface area contributed by atoms with Crippen LogP contribution >= 0.6 is 27.5 Å². The lowest BCUT2D eigenvalue weighted by Gasteiger charge is -2.07. The molecule has 0 heterocycles. The van der Waals surface area contributed by atoms with E-state index in [1.807, 2.05) is 6.07 Å². The Balaban J connectivity index is 2.59. The number of halogens is 2. The highest BCUT2D eigenvalue weighted by Crippen LogP contribution is 2.07. The minimum atomic E-state index is -0.618. The van der Waals surface area contributed by atoms with E-state index in [-0.39, 0.29) is 0 Å². The van der Waals surface area contributed by atoms with Gasteiger partial charge in [0, 0.05) is 0 Å². The van der Waals surface area contributed by atoms with Crippen molar-refractivity contribution in [1.82, 2.24) is 0 Å². The van der Waals surface area contributed by atoms with Crippen LogP contribution in [0.4, 0.5) is 0 Å². The van der Waals surface area contributed by atoms with Gasteiger partial charge >= 0.3 is 5.97 Å². The van der Waals surface area contributed by atoms with E-state index in [4.69, 9.17) is 16.3 Å². The number of carbonyl (C=O) groups excluding carboxylic acids is 1. The average molecular weight is 264 g/mol. The Hall–Kier alpha value is -0.540. The molecule has 2 nitrogen and oxygen atoms in total. The monoisotopic (exact) mass is 262 g/mol. The van der Waals surface area contributed by atoms with Gasteiger partial charge in [-0.1, -0.05) is 45.7 Å². The zero-order chi connectivity index (χ0) is 9.68. The third-order valence-corrected chi connectivity index (χ3v) is 2.57. The largest absolute Gasteiger partial charge is 0.441 e. The molecule has 0 bridgehead atoms. The number of esters is 1. The van der Waals surface area contributed by atoms with Crippen LogP contribution in [0.15, 0.2) is 30.3 Å². The minimum Gasteiger partial charge on any atom is -0.441 e. The second-order valence-corrected chi connectivity index (χ2v) is 3.47. The molecule has 1 atom stereocenters. The first-order valence-electron chi connectivity index (χ1n) is 3.70. The van der Waals surface area contributed by atoms with Crippen molar-refractivity contribution < 1.29 is 9.53 Å². The van der Waals surface area contributed by atoms with E-state index < -0.39 is 11.5 Å². The minimum absolute atomic E-state index is 0.403. The van der Waals surface area contributed by atoms with Gasteiger partial charge in [0.25, 0.3) is 0 Å². The standard InChI is InChI=1S/C9H8BrClO2/c10-6-8(11)13-9(12)7-4-2-1-3-5-7/h1-5,8H,6H2. The van der Waals surface area contributed by atoms with Crippen LogP contribution in [0.5, 0.6) is 0 Å². The summed E-state index contributed by atoms with van der Waals surface area (Å²) in [7, 11) is 0. The Kier molecular flexibility index (Phi) is 4.25. The molecule has 0 aromatic heterocycles. The van der Waals surface area contributed by atoms with Crippen LogP contribution in [0, 0.1) is 0 Å². The summed E-state index contributed by atoms with van der Waals surface area (Å²) in [6.45, 7) is 0. The number of carbonyl (C=O) groups is 1. The van der Waals surface area contributed by atoms with Crippen LogP contribution in [0.1, 0.15) is 10.4 Å². The fourth-order valence-corrected chi connectivity index (χ4v) is 1.00. The van der Waals surface area contributed by atoms with Crippen molar-refractivity contribution in [3.63, 3.8) is 0 Å². The first-order valence-corrected chi connectivity index (χ1v) is 5.26. The summed E-state index contributed by atoms with van der Waals surface area (Å²) in [4.78, 5) is 11.3. The predicted octanol–water partition coefficient (Wildman–Crippen LogP) is 2.80. The van der Waals surface area contributed by atoms with E-state index >= 15 is 0 Å². The predicted molar refractivity (Wildman–Crippen MR) is 55.3 cm³/mol. The van der Waals surface area contributed by atoms with Crippen molar-refractivity contribution in [2.45, 2.75) is 5.56 Å². The van der Waals surface area contributed by atoms with E-state index in [9.17, 15) is 4.79 Å². The highest BCUT2D eigenvalue weighted by molar-refractivity contribution is 9.09. The number of rotatable bonds is 3. The van der Waals surface area contributed by atoms with Crippen molar-refractivity contribution in [2.75, 3.05) is 5.33 Å². The van der Waals surface area contributed by atoms with E-state index in [1.165, 1.54) is 0 Å². The molecule has 0 aliphatic carbocycles. The van der Waals surface area contributed by atoms with Crippen molar-refractivity contribution in [3.05, 3.63) is 35.9 Å². The molecule has 70 valence electrons. The van der Waals surface area contributed by atoms with Crippen LogP contribution in [-0.4, -0.2) is 16.9 Å². The molecule has 4 heteroatoms. The summed E-state index contributed by atoms with van der Waals surface area (Å²) in [5.41, 5.74) is -0.109. The van der Waals surface area contributed by atoms with Crippen LogP contribution in [0.25, 0.3) is 0 Å². The summed E-state index contributed by atoms with van der Waals surface area (Å²) in [5.74, 6) is -0.403. The zero-order valence-corrected chi connectivity index (χ0v) is 9.09. The first kappa shape index (κ1) is 10.5. The number of ether oxygens (including phenoxy) is 1. The second-order valence-electron chi connectivity index (χ2n) is 2.34. The molecule has 1 aromatic rings. The third kappa shape index (κ3) is 3.36. The lowest BCUT2D eigenvalue weighted by molar-refractivity contribution is 0.0479. The maximum Gasteiger partial charge on any atom is 0.339 e. The molecule has 0 aliphatic rings. The normalized spacial score (nSPS) is 12.2. The number of alkyl halides is 2. The van der Waals surface area contributed by atoms with Crippen LogP contribution in [0.3, 0.4) is 0 Å². The summed E-state index contributed by atoms with van der Waals surface area (Å²) < 4.78 is 4.87. The maximum atomic E-state index is 11.3. The molecule has 0 radical (unpaired) electrons. The Morgan fingerprint density at radius 3 is 2.62 bits per heavy atom. The van der Waals surface area contributed by atoms with Crippen LogP contribution in [-0.2, 0) is 4.74 Å². The molecule has 0 fully saturated rings. The first-order chi connectivity index (χ1) is 6.24. The van der Waals surface area contributed by atoms with Gasteiger partial charge in [0.05, 0.1) is 10.9 Å². The Labute approximate surface area is 90.0 Å². The number of benzene rings is 1. The summed E-state index contributed by atoms with van der Waals surface area (Å²) in [6, 6.07) is 8.74. The molecule has 0 amide bonds. The van der Waals surface area contributed by atoms with Gasteiger partial charge in [0.1, 0.15) is 0 Å². The van der Waals surface area contributed by atoms with Gasteiger partial charge in [0.15, 0.2) is 5.56 Å². The molecule has 1 aromatic carbocycles. The molecule has 0 saturated carbocycles. The Bertz CT molecular complexity index is 276. The Morgan fingerprint density at radius 1 is 1.46 bits per heavy atom. The van der Waals surface area contributed by atoms with E-state index in [1.54, 1.807) is 24.3 Å². The smallest absolute Gasteiger partial charge is 0.339 e. The van der Waals surface area contributed by atoms with Gasteiger partial charge in [0.2, 0.25) is 0 Å². The second kappa shape index (κ2) is 5.25. The number of hydrogen-bond donors (Lipinski definition) is 0. The fraction of sp³-hybridized carbons (Fsp3) is 0.222. The molecule has 1 rings (SSSR count). The van der Waals surface area contributed by atoms with Gasteiger partial charge in [-0.2, -0.15) is 0 Å². The molecular weight excluding hydrogens is 255 g/mol. The molecule has 13 heavy (non-hydrogen) atoms. The van der Waals surface area contributed by atoms with E-state index in [0.29, 0.717) is 10.9 Å². The highest BCUT2D eigenvalue weighted by atomic mass is 79.9. The molecular formula is C9H8BrClO2. The highest BCUT2D eigenvalue weighted by Gasteiger charge is 2.11. The lowest BCUT2D eigenvalue weighted by Crippen LogP contribution is -2.13. The van der Waals surface area contributed by atoms with Crippen LogP contribution < -0.4 is 0 Å². The quantitative estimate of drug-likeness (QED) is 0.619. The topological polar surface area (TPSA) is 26.3 Å². The van der Waals surface area contributed by atoms with Crippen molar-refractivity contribution in [2.24, 2.45) is 0 Å². The fourth-order valence-electron chi connectivity index (χ4n) is 0.790. The van der Waals surface area contributed by atoms with Crippen molar-refractivity contribution in [3.8, 4) is 0 Å². The molecule has 1 unspecified atom stereocenters. The van der Waals surface area contributed by atoms with Crippen molar-refractivity contribution >= 4 is 33.5 Å². The van der Waals surface area contributed by atoms with Crippen molar-refractivity contribution in [1.29, 1.82) is 0 Å². The number of hydrogen-bond acceptors (Lipinski definition) is 2. The lowest BCUT2D eigenvalue weighted by atomic mass is 10.2. The third-order valence-electron chi connectivity index (χ3n) is 1.37. The van der Waals surface area contributed by atoms with E-state index in [2.05, 4.69) is 15.9 Å². The molecule has 0 saturated heterocycles. The van der Waals surface area contributed by atoms with Gasteiger partial charge in [-0.05, 0) is 12.1 Å². The van der Waals surface area contributed by atoms with Gasteiger partial charge in [-0.3, -0.25) is 0 Å². The summed E-state index contributed by atoms with van der Waals surface area (Å²) in [5, 5.41) is 0.424. The SMILES string of the molecule is O=C(OC(Cl)CBr)c1ccccc1. The summed E-state index contributed by atoms with van der Waals surface area (Å²) >= 11 is 8.73. The summed E-state index contributed by atoms with van der Waals surface area (Å²) in [6.07, 6.45) is 0. The molecule has 0 N–H and O–H groups in total. The van der Waals surface area contributed by atoms with Gasteiger partial charge in [-0.25, -0.2) is 4.79 Å². The maximum absolute atomic E-state index is 11.3. The van der Waals surface area contributed by atoms with E-state index in [0.717, 1.165) is 0 Å². The van der Waals surface area contributed by atoms with Gasteiger partial charge < -0.3 is 4.74 Å². The molecule has 0 spiro atoms. The van der Waals surface area contributed by atoms with Crippen LogP contribution in [0.2, 0.25) is 0 Å². The average Bonchev–Trinajstić information content (AvgIpc) is 2.19.